The van der Waals surface area contributed by atoms with Crippen LogP contribution in [0.4, 0.5) is 5.69 Å². The normalized spacial score (nSPS) is 17.1. The number of carboxylic acid groups (broad SMARTS) is 1. The summed E-state index contributed by atoms with van der Waals surface area (Å²) in [5.74, 6) is -1.51. The molecule has 0 saturated carbocycles. The fourth-order valence-corrected chi connectivity index (χ4v) is 5.39. The van der Waals surface area contributed by atoms with Crippen molar-refractivity contribution >= 4 is 62.5 Å². The van der Waals surface area contributed by atoms with Gasteiger partial charge in [0.2, 0.25) is 0 Å². The number of hydrogen-bond acceptors (Lipinski definition) is 5. The van der Waals surface area contributed by atoms with Crippen LogP contribution in [0.2, 0.25) is 10.0 Å². The summed E-state index contributed by atoms with van der Waals surface area (Å²) in [4.78, 5) is 40.6. The summed E-state index contributed by atoms with van der Waals surface area (Å²) in [6, 6.07) is 5.86. The van der Waals surface area contributed by atoms with Crippen molar-refractivity contribution in [1.29, 1.82) is 0 Å². The molecule has 0 fully saturated rings. The number of nitrogens with zero attached hydrogens (tertiary/aromatic N) is 1. The van der Waals surface area contributed by atoms with Crippen LogP contribution in [0.25, 0.3) is 0 Å². The summed E-state index contributed by atoms with van der Waals surface area (Å²) in [7, 11) is 0. The topological polar surface area (TPSA) is 108 Å². The number of pyridine rings is 1. The van der Waals surface area contributed by atoms with Crippen molar-refractivity contribution in [2.45, 2.75) is 25.3 Å². The van der Waals surface area contributed by atoms with Gasteiger partial charge in [0.1, 0.15) is 6.04 Å². The molecule has 0 saturated heterocycles. The minimum absolute atomic E-state index is 0.00589. The van der Waals surface area contributed by atoms with E-state index < -0.39 is 23.3 Å². The summed E-state index contributed by atoms with van der Waals surface area (Å²) < 4.78 is 0.406. The van der Waals surface area contributed by atoms with E-state index in [9.17, 15) is 19.5 Å². The lowest BCUT2D eigenvalue weighted by atomic mass is 9.69. The Balaban J connectivity index is 1.44. The van der Waals surface area contributed by atoms with Crippen LogP contribution >= 0.6 is 39.1 Å². The Hall–Kier alpha value is -2.68. The van der Waals surface area contributed by atoms with Crippen molar-refractivity contribution < 1.29 is 19.5 Å². The molecular weight excluding hydrogens is 533 g/mol. The number of benzene rings is 1. The summed E-state index contributed by atoms with van der Waals surface area (Å²) in [6.45, 7) is 0. The van der Waals surface area contributed by atoms with E-state index in [4.69, 9.17) is 23.2 Å². The third-order valence-electron chi connectivity index (χ3n) is 5.78. The number of nitrogens with one attached hydrogen (secondary N) is 2. The van der Waals surface area contributed by atoms with E-state index in [0.29, 0.717) is 28.7 Å². The van der Waals surface area contributed by atoms with E-state index in [1.54, 1.807) is 24.3 Å². The number of carbonyl (C=O) groups excluding carboxylic acids is 2. The Labute approximate surface area is 208 Å². The predicted octanol–water partition coefficient (Wildman–Crippen LogP) is 4.75. The number of Topliss-reactive ketones (excluding diaryl/α,β-unsaturated/α-hetero) is 1. The average Bonchev–Trinajstić information content (AvgIpc) is 3.29. The van der Waals surface area contributed by atoms with Crippen LogP contribution in [0.1, 0.15) is 28.8 Å². The Morgan fingerprint density at radius 2 is 1.73 bits per heavy atom. The molecule has 0 radical (unpaired) electrons. The van der Waals surface area contributed by atoms with E-state index in [1.807, 2.05) is 12.2 Å². The second kappa shape index (κ2) is 9.29. The number of amides is 1. The maximum atomic E-state index is 12.5. The second-order valence-electron chi connectivity index (χ2n) is 7.85. The lowest BCUT2D eigenvalue weighted by Crippen LogP contribution is -2.51. The number of carbonyl (C=O) groups is 3. The van der Waals surface area contributed by atoms with Crippen molar-refractivity contribution in [3.63, 3.8) is 0 Å². The number of allylic oxidation sites excluding steroid dienone is 4. The Kier molecular flexibility index (Phi) is 6.61. The Morgan fingerprint density at radius 3 is 2.30 bits per heavy atom. The van der Waals surface area contributed by atoms with Crippen molar-refractivity contribution in [3.8, 4) is 0 Å². The first kappa shape index (κ1) is 23.5. The number of aromatic nitrogens is 1. The van der Waals surface area contributed by atoms with Gasteiger partial charge in [-0.15, -0.1) is 0 Å². The van der Waals surface area contributed by atoms with Gasteiger partial charge in [-0.2, -0.15) is 0 Å². The van der Waals surface area contributed by atoms with Gasteiger partial charge >= 0.3 is 5.97 Å². The standard InChI is InChI=1S/C23H18BrCl2N3O4/c24-18-19(23(20(18)30)7-1-2-8-23)29-16(22(32)33)9-12-3-5-13(6-4-12)28-21(31)17-14(25)10-27-11-15(17)26/h1-6,10-11,16,29H,7-9H2,(H,28,31)(H,32,33)/t16-/m0/s1. The van der Waals surface area contributed by atoms with Crippen molar-refractivity contribution in [2.24, 2.45) is 5.41 Å². The fraction of sp³-hybridized carbons (Fsp3) is 0.217. The van der Waals surface area contributed by atoms with Gasteiger partial charge in [0.25, 0.3) is 5.91 Å². The zero-order valence-electron chi connectivity index (χ0n) is 17.1. The minimum Gasteiger partial charge on any atom is -0.480 e. The van der Waals surface area contributed by atoms with Gasteiger partial charge < -0.3 is 15.7 Å². The molecular formula is C23H18BrCl2N3O4. The van der Waals surface area contributed by atoms with Crippen LogP contribution in [-0.4, -0.2) is 33.8 Å². The maximum absolute atomic E-state index is 12.5. The minimum atomic E-state index is -1.03. The van der Waals surface area contributed by atoms with Gasteiger partial charge in [-0.05, 0) is 46.5 Å². The lowest BCUT2D eigenvalue weighted by molar-refractivity contribution is -0.139. The van der Waals surface area contributed by atoms with Crippen molar-refractivity contribution in [1.82, 2.24) is 10.3 Å². The molecule has 0 bridgehead atoms. The van der Waals surface area contributed by atoms with E-state index in [2.05, 4.69) is 31.5 Å². The van der Waals surface area contributed by atoms with Gasteiger partial charge in [-0.3, -0.25) is 14.6 Å². The molecule has 10 heteroatoms. The average molecular weight is 551 g/mol. The molecule has 4 rings (SSSR count). The first-order chi connectivity index (χ1) is 15.7. The number of carboxylic acids is 1. The zero-order chi connectivity index (χ0) is 23.8. The molecule has 2 aliphatic carbocycles. The van der Waals surface area contributed by atoms with Crippen LogP contribution in [-0.2, 0) is 16.0 Å². The van der Waals surface area contributed by atoms with Gasteiger partial charge in [0, 0.05) is 30.2 Å². The van der Waals surface area contributed by atoms with Crippen LogP contribution < -0.4 is 10.6 Å². The fourth-order valence-electron chi connectivity index (χ4n) is 3.98. The predicted molar refractivity (Wildman–Crippen MR) is 129 cm³/mol. The first-order valence-corrected chi connectivity index (χ1v) is 11.6. The summed E-state index contributed by atoms with van der Waals surface area (Å²) in [5.41, 5.74) is 1.33. The third kappa shape index (κ3) is 4.43. The monoisotopic (exact) mass is 549 g/mol. The number of ketones is 1. The first-order valence-electron chi connectivity index (χ1n) is 10.0. The number of halogens is 3. The molecule has 0 unspecified atom stereocenters. The van der Waals surface area contributed by atoms with Crippen LogP contribution in [0.5, 0.6) is 0 Å². The summed E-state index contributed by atoms with van der Waals surface area (Å²) in [6.07, 6.45) is 7.86. The Morgan fingerprint density at radius 1 is 1.12 bits per heavy atom. The van der Waals surface area contributed by atoms with Gasteiger partial charge in [-0.25, -0.2) is 4.79 Å². The van der Waals surface area contributed by atoms with Crippen LogP contribution in [0.3, 0.4) is 0 Å². The number of hydrogen-bond donors (Lipinski definition) is 3. The summed E-state index contributed by atoms with van der Waals surface area (Å²) in [5, 5.41) is 15.8. The quantitative estimate of drug-likeness (QED) is 0.429. The molecule has 1 amide bonds. The number of aliphatic carboxylic acids is 1. The molecule has 1 atom stereocenters. The molecule has 33 heavy (non-hydrogen) atoms. The molecule has 2 aromatic rings. The largest absolute Gasteiger partial charge is 0.480 e. The van der Waals surface area contributed by atoms with Crippen LogP contribution in [0, 0.1) is 5.41 Å². The Bertz CT molecular complexity index is 1180. The smallest absolute Gasteiger partial charge is 0.326 e. The van der Waals surface area contributed by atoms with Crippen LogP contribution in [0.15, 0.2) is 59.0 Å². The highest BCUT2D eigenvalue weighted by Crippen LogP contribution is 2.52. The van der Waals surface area contributed by atoms with Gasteiger partial charge in [0.05, 0.1) is 25.5 Å². The van der Waals surface area contributed by atoms with Gasteiger partial charge in [-0.1, -0.05) is 47.5 Å². The lowest BCUT2D eigenvalue weighted by Gasteiger charge is -2.41. The second-order valence-corrected chi connectivity index (χ2v) is 9.46. The molecule has 2 aliphatic rings. The highest BCUT2D eigenvalue weighted by Gasteiger charge is 2.53. The van der Waals surface area contributed by atoms with Crippen molar-refractivity contribution in [2.75, 3.05) is 5.32 Å². The number of rotatable bonds is 7. The SMILES string of the molecule is O=C(Nc1ccc(C[C@H](NC2=C(Br)C(=O)C23CC=CC3)C(=O)O)cc1)c1c(Cl)cncc1Cl. The molecule has 1 aromatic heterocycles. The van der Waals surface area contributed by atoms with Gasteiger partial charge in [0.15, 0.2) is 5.78 Å². The molecule has 1 heterocycles. The molecule has 170 valence electrons. The van der Waals surface area contributed by atoms with E-state index in [-0.39, 0.29) is 27.8 Å². The number of anilines is 1. The molecule has 1 spiro atoms. The zero-order valence-corrected chi connectivity index (χ0v) is 20.2. The highest BCUT2D eigenvalue weighted by molar-refractivity contribution is 9.12. The van der Waals surface area contributed by atoms with E-state index in [1.165, 1.54) is 12.4 Å². The molecule has 7 nitrogen and oxygen atoms in total. The van der Waals surface area contributed by atoms with E-state index in [0.717, 1.165) is 5.56 Å². The molecule has 0 aliphatic heterocycles. The molecule has 1 aromatic carbocycles. The molecule has 3 N–H and O–H groups in total. The van der Waals surface area contributed by atoms with Crippen molar-refractivity contribution in [3.05, 3.63) is 80.2 Å². The van der Waals surface area contributed by atoms with E-state index >= 15 is 0 Å². The summed E-state index contributed by atoms with van der Waals surface area (Å²) >= 11 is 15.3. The highest BCUT2D eigenvalue weighted by atomic mass is 79.9. The maximum Gasteiger partial charge on any atom is 0.326 e. The third-order valence-corrected chi connectivity index (χ3v) is 7.11.